The lowest BCUT2D eigenvalue weighted by Crippen LogP contribution is -2.20. The van der Waals surface area contributed by atoms with Gasteiger partial charge in [0.25, 0.3) is 0 Å². The Kier molecular flexibility index (Phi) is 4.56. The van der Waals surface area contributed by atoms with Crippen molar-refractivity contribution in [1.29, 1.82) is 0 Å². The Labute approximate surface area is 101 Å². The SMILES string of the molecule is COc1ccc(F)c2c1CCC[C@@H]2CN.Cl. The van der Waals surface area contributed by atoms with Crippen LogP contribution in [0.25, 0.3) is 0 Å². The third-order valence-electron chi connectivity index (χ3n) is 3.15. The van der Waals surface area contributed by atoms with Crippen LogP contribution in [0.1, 0.15) is 29.9 Å². The lowest BCUT2D eigenvalue weighted by atomic mass is 9.82. The number of ether oxygens (including phenoxy) is 1. The number of hydrogen-bond donors (Lipinski definition) is 1. The largest absolute Gasteiger partial charge is 0.496 e. The molecule has 0 radical (unpaired) electrons. The van der Waals surface area contributed by atoms with E-state index in [9.17, 15) is 4.39 Å². The van der Waals surface area contributed by atoms with Crippen LogP contribution in [0.3, 0.4) is 0 Å². The molecule has 1 aromatic rings. The summed E-state index contributed by atoms with van der Waals surface area (Å²) in [6.45, 7) is 0.511. The molecule has 2 rings (SSSR count). The van der Waals surface area contributed by atoms with Gasteiger partial charge in [-0.2, -0.15) is 0 Å². The quantitative estimate of drug-likeness (QED) is 0.870. The van der Waals surface area contributed by atoms with Gasteiger partial charge < -0.3 is 10.5 Å². The van der Waals surface area contributed by atoms with Crippen LogP contribution < -0.4 is 10.5 Å². The zero-order valence-electron chi connectivity index (χ0n) is 9.33. The topological polar surface area (TPSA) is 35.2 Å². The second-order valence-electron chi connectivity index (χ2n) is 3.97. The summed E-state index contributed by atoms with van der Waals surface area (Å²) in [6.07, 6.45) is 2.94. The van der Waals surface area contributed by atoms with Gasteiger partial charge in [-0.1, -0.05) is 0 Å². The van der Waals surface area contributed by atoms with E-state index in [1.54, 1.807) is 13.2 Å². The second kappa shape index (κ2) is 5.51. The third kappa shape index (κ3) is 2.15. The van der Waals surface area contributed by atoms with Crippen LogP contribution >= 0.6 is 12.4 Å². The molecule has 0 aromatic heterocycles. The van der Waals surface area contributed by atoms with Crippen LogP contribution in [-0.2, 0) is 6.42 Å². The normalized spacial score (nSPS) is 18.6. The lowest BCUT2D eigenvalue weighted by molar-refractivity contribution is 0.399. The van der Waals surface area contributed by atoms with E-state index >= 15 is 0 Å². The van der Waals surface area contributed by atoms with Crippen LogP contribution in [0.15, 0.2) is 12.1 Å². The van der Waals surface area contributed by atoms with Gasteiger partial charge in [0.05, 0.1) is 7.11 Å². The van der Waals surface area contributed by atoms with E-state index in [2.05, 4.69) is 0 Å². The van der Waals surface area contributed by atoms with Gasteiger partial charge in [0.2, 0.25) is 0 Å². The molecule has 1 aliphatic rings. The highest BCUT2D eigenvalue weighted by atomic mass is 35.5. The summed E-state index contributed by atoms with van der Waals surface area (Å²) in [7, 11) is 1.62. The molecule has 0 saturated carbocycles. The van der Waals surface area contributed by atoms with Gasteiger partial charge in [-0.3, -0.25) is 0 Å². The average molecular weight is 246 g/mol. The molecule has 4 heteroatoms. The number of benzene rings is 1. The highest BCUT2D eigenvalue weighted by molar-refractivity contribution is 5.85. The Hall–Kier alpha value is -0.800. The van der Waals surface area contributed by atoms with Gasteiger partial charge in [-0.05, 0) is 49.4 Å². The minimum absolute atomic E-state index is 0. The first-order chi connectivity index (χ1) is 7.27. The standard InChI is InChI=1S/C12H16FNO.ClH/c1-15-11-6-5-10(13)12-8(7-14)3-2-4-9(11)12;/h5-6,8H,2-4,7,14H2,1H3;1H/t8-;/m1./s1. The molecular weight excluding hydrogens is 229 g/mol. The highest BCUT2D eigenvalue weighted by Gasteiger charge is 2.25. The summed E-state index contributed by atoms with van der Waals surface area (Å²) in [6, 6.07) is 3.18. The van der Waals surface area contributed by atoms with Crippen molar-refractivity contribution in [2.24, 2.45) is 5.73 Å². The van der Waals surface area contributed by atoms with E-state index in [1.807, 2.05) is 0 Å². The molecule has 0 saturated heterocycles. The molecule has 16 heavy (non-hydrogen) atoms. The molecule has 1 atom stereocenters. The molecule has 90 valence electrons. The molecule has 2 nitrogen and oxygen atoms in total. The predicted octanol–water partition coefficient (Wildman–Crippen LogP) is 2.63. The molecule has 2 N–H and O–H groups in total. The summed E-state index contributed by atoms with van der Waals surface area (Å²) < 4.78 is 19.0. The van der Waals surface area contributed by atoms with Gasteiger partial charge in [-0.15, -0.1) is 12.4 Å². The van der Waals surface area contributed by atoms with Gasteiger partial charge >= 0.3 is 0 Å². The summed E-state index contributed by atoms with van der Waals surface area (Å²) in [4.78, 5) is 0. The van der Waals surface area contributed by atoms with Crippen molar-refractivity contribution in [2.75, 3.05) is 13.7 Å². The van der Waals surface area contributed by atoms with Crippen molar-refractivity contribution in [3.05, 3.63) is 29.1 Å². The Balaban J connectivity index is 0.00000128. The number of hydrogen-bond acceptors (Lipinski definition) is 2. The van der Waals surface area contributed by atoms with Gasteiger partial charge in [0.1, 0.15) is 11.6 Å². The Morgan fingerprint density at radius 3 is 2.88 bits per heavy atom. The maximum Gasteiger partial charge on any atom is 0.127 e. The summed E-state index contributed by atoms with van der Waals surface area (Å²) in [5.41, 5.74) is 7.46. The number of nitrogens with two attached hydrogens (primary N) is 1. The van der Waals surface area contributed by atoms with Crippen LogP contribution in [0.2, 0.25) is 0 Å². The van der Waals surface area contributed by atoms with Crippen LogP contribution in [0.4, 0.5) is 4.39 Å². The molecule has 0 heterocycles. The van der Waals surface area contributed by atoms with E-state index in [0.717, 1.165) is 36.1 Å². The van der Waals surface area contributed by atoms with Gasteiger partial charge in [0, 0.05) is 5.56 Å². The van der Waals surface area contributed by atoms with Crippen molar-refractivity contribution >= 4 is 12.4 Å². The van der Waals surface area contributed by atoms with Gasteiger partial charge in [-0.25, -0.2) is 4.39 Å². The minimum atomic E-state index is -0.138. The molecule has 0 aliphatic heterocycles. The van der Waals surface area contributed by atoms with Crippen molar-refractivity contribution in [2.45, 2.75) is 25.2 Å². The highest BCUT2D eigenvalue weighted by Crippen LogP contribution is 2.37. The van der Waals surface area contributed by atoms with E-state index in [1.165, 1.54) is 6.07 Å². The predicted molar refractivity (Wildman–Crippen MR) is 64.9 cm³/mol. The Bertz CT molecular complexity index is 370. The first-order valence-corrected chi connectivity index (χ1v) is 5.33. The Morgan fingerprint density at radius 2 is 2.25 bits per heavy atom. The summed E-state index contributed by atoms with van der Waals surface area (Å²) >= 11 is 0. The fourth-order valence-corrected chi connectivity index (χ4v) is 2.41. The monoisotopic (exact) mass is 245 g/mol. The molecule has 1 aromatic carbocycles. The van der Waals surface area contributed by atoms with E-state index in [4.69, 9.17) is 10.5 Å². The fraction of sp³-hybridized carbons (Fsp3) is 0.500. The summed E-state index contributed by atoms with van der Waals surface area (Å²) in [5, 5.41) is 0. The van der Waals surface area contributed by atoms with Crippen LogP contribution in [0, 0.1) is 5.82 Å². The molecule has 1 aliphatic carbocycles. The van der Waals surface area contributed by atoms with Crippen LogP contribution in [-0.4, -0.2) is 13.7 Å². The van der Waals surface area contributed by atoms with Crippen molar-refractivity contribution < 1.29 is 9.13 Å². The van der Waals surface area contributed by atoms with Crippen LogP contribution in [0.5, 0.6) is 5.75 Å². The summed E-state index contributed by atoms with van der Waals surface area (Å²) in [5.74, 6) is 0.814. The van der Waals surface area contributed by atoms with Crippen molar-refractivity contribution in [3.63, 3.8) is 0 Å². The smallest absolute Gasteiger partial charge is 0.127 e. The molecule has 0 amide bonds. The number of methoxy groups -OCH3 is 1. The fourth-order valence-electron chi connectivity index (χ4n) is 2.41. The molecule has 0 bridgehead atoms. The zero-order chi connectivity index (χ0) is 10.8. The number of rotatable bonds is 2. The maximum absolute atomic E-state index is 13.7. The van der Waals surface area contributed by atoms with Crippen molar-refractivity contribution in [3.8, 4) is 5.75 Å². The van der Waals surface area contributed by atoms with E-state index < -0.39 is 0 Å². The molecular formula is C12H17ClFNO. The second-order valence-corrected chi connectivity index (χ2v) is 3.97. The first kappa shape index (κ1) is 13.3. The molecule has 0 fully saturated rings. The third-order valence-corrected chi connectivity index (χ3v) is 3.15. The van der Waals surface area contributed by atoms with Gasteiger partial charge in [0.15, 0.2) is 0 Å². The first-order valence-electron chi connectivity index (χ1n) is 5.33. The average Bonchev–Trinajstić information content (AvgIpc) is 2.29. The molecule has 0 unspecified atom stereocenters. The minimum Gasteiger partial charge on any atom is -0.496 e. The number of fused-ring (bicyclic) bond motifs is 1. The van der Waals surface area contributed by atoms with E-state index in [0.29, 0.717) is 6.54 Å². The Morgan fingerprint density at radius 1 is 1.50 bits per heavy atom. The lowest BCUT2D eigenvalue weighted by Gasteiger charge is -2.26. The van der Waals surface area contributed by atoms with E-state index in [-0.39, 0.29) is 24.1 Å². The number of halogens is 2. The maximum atomic E-state index is 13.7. The molecule has 0 spiro atoms. The van der Waals surface area contributed by atoms with Crippen molar-refractivity contribution in [1.82, 2.24) is 0 Å². The zero-order valence-corrected chi connectivity index (χ0v) is 10.1.